The summed E-state index contributed by atoms with van der Waals surface area (Å²) in [6.07, 6.45) is 3.16. The molecule has 1 aromatic heterocycles. The summed E-state index contributed by atoms with van der Waals surface area (Å²) in [4.78, 5) is 17.8. The second-order valence-corrected chi connectivity index (χ2v) is 4.24. The van der Waals surface area contributed by atoms with Crippen LogP contribution in [0.25, 0.3) is 11.6 Å². The van der Waals surface area contributed by atoms with E-state index in [0.717, 1.165) is 0 Å². The monoisotopic (exact) mass is 259 g/mol. The van der Waals surface area contributed by atoms with Crippen molar-refractivity contribution in [2.45, 2.75) is 0 Å². The number of rotatable bonds is 1. The Balaban J connectivity index is 2.16. The van der Waals surface area contributed by atoms with Crippen LogP contribution in [-0.4, -0.2) is 20.9 Å². The summed E-state index contributed by atoms with van der Waals surface area (Å²) >= 11 is 0. The molecule has 19 heavy (non-hydrogen) atoms. The predicted molar refractivity (Wildman–Crippen MR) is 70.1 cm³/mol. The normalized spacial score (nSPS) is 15.2. The molecule has 5 nitrogen and oxygen atoms in total. The van der Waals surface area contributed by atoms with Crippen molar-refractivity contribution in [3.8, 4) is 5.88 Å². The van der Waals surface area contributed by atoms with Gasteiger partial charge in [-0.05, 0) is 24.3 Å². The number of nitrogens with zero attached hydrogens (tertiary/aromatic N) is 2. The molecule has 3 rings (SSSR count). The van der Waals surface area contributed by atoms with Gasteiger partial charge in [0.1, 0.15) is 11.5 Å². The summed E-state index contributed by atoms with van der Waals surface area (Å²) in [5, 5.41) is 9.64. The molecule has 0 unspecified atom stereocenters. The molecule has 0 saturated heterocycles. The van der Waals surface area contributed by atoms with Crippen molar-refractivity contribution in [2.75, 3.05) is 0 Å². The molecule has 0 aliphatic carbocycles. The number of nitrogens with one attached hydrogen (secondary N) is 1. The number of allylic oxidation sites excluding steroid dienone is 1. The Morgan fingerprint density at radius 1 is 1.47 bits per heavy atom. The van der Waals surface area contributed by atoms with Crippen molar-refractivity contribution in [3.63, 3.8) is 0 Å². The van der Waals surface area contributed by atoms with Gasteiger partial charge in [0.25, 0.3) is 0 Å². The third kappa shape index (κ3) is 1.77. The second-order valence-electron chi connectivity index (χ2n) is 4.24. The smallest absolute Gasteiger partial charge is 0.328 e. The van der Waals surface area contributed by atoms with Gasteiger partial charge in [0.2, 0.25) is 5.88 Å². The minimum absolute atomic E-state index is 0.224. The number of fused-ring (bicyclic) bond motifs is 1. The van der Waals surface area contributed by atoms with Crippen molar-refractivity contribution in [3.05, 3.63) is 45.8 Å². The first-order chi connectivity index (χ1) is 9.06. The Bertz CT molecular complexity index is 784. The highest BCUT2D eigenvalue weighted by Gasteiger charge is 2.15. The van der Waals surface area contributed by atoms with Gasteiger partial charge in [0.05, 0.1) is 5.69 Å². The minimum Gasteiger partial charge on any atom is -0.493 e. The lowest BCUT2D eigenvalue weighted by Gasteiger charge is -2.01. The second kappa shape index (κ2) is 3.94. The molecular formula is C13H10FN3O2. The number of aromatic hydroxyl groups is 1. The first-order valence-electron chi connectivity index (χ1n) is 5.60. The number of benzene rings is 1. The van der Waals surface area contributed by atoms with E-state index in [-0.39, 0.29) is 11.7 Å². The van der Waals surface area contributed by atoms with Crippen LogP contribution in [0.4, 0.5) is 10.1 Å². The first-order valence-corrected chi connectivity index (χ1v) is 5.60. The van der Waals surface area contributed by atoms with Gasteiger partial charge in [-0.1, -0.05) is 0 Å². The molecule has 0 saturated carbocycles. The Morgan fingerprint density at radius 3 is 2.95 bits per heavy atom. The van der Waals surface area contributed by atoms with Crippen LogP contribution in [0.15, 0.2) is 28.0 Å². The fourth-order valence-corrected chi connectivity index (χ4v) is 2.01. The predicted octanol–water partition coefficient (Wildman–Crippen LogP) is 1.81. The molecule has 2 heterocycles. The third-order valence-corrected chi connectivity index (χ3v) is 3.04. The summed E-state index contributed by atoms with van der Waals surface area (Å²) in [5.74, 6) is -0.583. The number of hydrogen-bond acceptors (Lipinski definition) is 3. The molecule has 2 N–H and O–H groups in total. The number of imidazole rings is 1. The van der Waals surface area contributed by atoms with Crippen molar-refractivity contribution >= 4 is 23.6 Å². The lowest BCUT2D eigenvalue weighted by molar-refractivity contribution is 0.454. The number of aromatic amines is 1. The maximum atomic E-state index is 13.2. The highest BCUT2D eigenvalue weighted by atomic mass is 19.1. The SMILES string of the molecule is Cn1c(/C=C2\C=Nc3ccc(F)cc32)c(O)[nH]c1=O. The lowest BCUT2D eigenvalue weighted by atomic mass is 10.1. The summed E-state index contributed by atoms with van der Waals surface area (Å²) in [5.41, 5.74) is 1.84. The van der Waals surface area contributed by atoms with E-state index in [1.165, 1.54) is 23.7 Å². The maximum absolute atomic E-state index is 13.2. The number of H-pyrrole nitrogens is 1. The van der Waals surface area contributed by atoms with Gasteiger partial charge < -0.3 is 5.11 Å². The van der Waals surface area contributed by atoms with Crippen LogP contribution in [0.1, 0.15) is 11.3 Å². The number of hydrogen-bond donors (Lipinski definition) is 2. The zero-order chi connectivity index (χ0) is 13.6. The summed E-state index contributed by atoms with van der Waals surface area (Å²) in [7, 11) is 1.53. The topological polar surface area (TPSA) is 70.4 Å². The summed E-state index contributed by atoms with van der Waals surface area (Å²) in [6.45, 7) is 0. The van der Waals surface area contributed by atoms with E-state index in [9.17, 15) is 14.3 Å². The Labute approximate surface area is 107 Å². The molecule has 0 fully saturated rings. The molecule has 2 aromatic rings. The summed E-state index contributed by atoms with van der Waals surface area (Å²) in [6, 6.07) is 4.29. The Morgan fingerprint density at radius 2 is 2.26 bits per heavy atom. The van der Waals surface area contributed by atoms with Gasteiger partial charge in [-0.3, -0.25) is 14.5 Å². The molecule has 1 aliphatic heterocycles. The molecule has 6 heteroatoms. The van der Waals surface area contributed by atoms with Crippen LogP contribution in [0.2, 0.25) is 0 Å². The van der Waals surface area contributed by atoms with Crippen LogP contribution in [-0.2, 0) is 7.05 Å². The van der Waals surface area contributed by atoms with Gasteiger partial charge in [-0.15, -0.1) is 0 Å². The van der Waals surface area contributed by atoms with Gasteiger partial charge in [-0.2, -0.15) is 0 Å². The average molecular weight is 259 g/mol. The third-order valence-electron chi connectivity index (χ3n) is 3.04. The summed E-state index contributed by atoms with van der Waals surface area (Å²) < 4.78 is 14.5. The van der Waals surface area contributed by atoms with Gasteiger partial charge in [-0.25, -0.2) is 9.18 Å². The standard InChI is InChI=1S/C13H10FN3O2/c1-17-11(12(18)16-13(17)19)4-7-6-15-10-3-2-8(14)5-9(7)10/h2-6,18H,1H3,(H,16,19)/b7-4+. The van der Waals surface area contributed by atoms with Crippen LogP contribution in [0.5, 0.6) is 5.88 Å². The van der Waals surface area contributed by atoms with Crippen molar-refractivity contribution in [2.24, 2.45) is 12.0 Å². The fourth-order valence-electron chi connectivity index (χ4n) is 2.01. The molecule has 0 bridgehead atoms. The maximum Gasteiger partial charge on any atom is 0.328 e. The van der Waals surface area contributed by atoms with E-state index in [1.54, 1.807) is 18.4 Å². The molecule has 1 aliphatic rings. The molecule has 0 spiro atoms. The van der Waals surface area contributed by atoms with Crippen LogP contribution < -0.4 is 5.69 Å². The van der Waals surface area contributed by atoms with Gasteiger partial charge >= 0.3 is 5.69 Å². The average Bonchev–Trinajstić information content (AvgIpc) is 2.86. The number of halogens is 1. The van der Waals surface area contributed by atoms with Crippen LogP contribution >= 0.6 is 0 Å². The highest BCUT2D eigenvalue weighted by molar-refractivity contribution is 6.21. The van der Waals surface area contributed by atoms with Crippen molar-refractivity contribution < 1.29 is 9.50 Å². The zero-order valence-electron chi connectivity index (χ0n) is 10.0. The molecule has 96 valence electrons. The van der Waals surface area contributed by atoms with E-state index in [1.807, 2.05) is 0 Å². The number of aliphatic imine (C=N–C) groups is 1. The van der Waals surface area contributed by atoms with Crippen LogP contribution in [0, 0.1) is 5.82 Å². The van der Waals surface area contributed by atoms with Crippen LogP contribution in [0.3, 0.4) is 0 Å². The van der Waals surface area contributed by atoms with Crippen molar-refractivity contribution in [1.82, 2.24) is 9.55 Å². The fraction of sp³-hybridized carbons (Fsp3) is 0.0769. The van der Waals surface area contributed by atoms with E-state index >= 15 is 0 Å². The Hall–Kier alpha value is -2.63. The van der Waals surface area contributed by atoms with Gasteiger partial charge in [0.15, 0.2) is 0 Å². The first kappa shape index (κ1) is 11.5. The minimum atomic E-state index is -0.418. The molecule has 1 aromatic carbocycles. The molecule has 0 atom stereocenters. The largest absolute Gasteiger partial charge is 0.493 e. The quantitative estimate of drug-likeness (QED) is 0.820. The van der Waals surface area contributed by atoms with E-state index in [4.69, 9.17) is 0 Å². The van der Waals surface area contributed by atoms with E-state index in [0.29, 0.717) is 22.5 Å². The molecular weight excluding hydrogens is 249 g/mol. The van der Waals surface area contributed by atoms with Crippen molar-refractivity contribution in [1.29, 1.82) is 0 Å². The highest BCUT2D eigenvalue weighted by Crippen LogP contribution is 2.33. The van der Waals surface area contributed by atoms with E-state index < -0.39 is 5.69 Å². The Kier molecular flexibility index (Phi) is 2.38. The van der Waals surface area contributed by atoms with Gasteiger partial charge in [0, 0.05) is 24.4 Å². The number of aromatic nitrogens is 2. The molecule has 0 amide bonds. The lowest BCUT2D eigenvalue weighted by Crippen LogP contribution is -2.13. The van der Waals surface area contributed by atoms with E-state index in [2.05, 4.69) is 9.98 Å². The zero-order valence-corrected chi connectivity index (χ0v) is 10.0. The molecule has 0 radical (unpaired) electrons.